The summed E-state index contributed by atoms with van der Waals surface area (Å²) in [5, 5.41) is 8.66. The Morgan fingerprint density at radius 2 is 1.82 bits per heavy atom. The smallest absolute Gasteiger partial charge is 0.259 e. The molecule has 0 N–H and O–H groups in total. The molecule has 0 atom stereocenters. The van der Waals surface area contributed by atoms with Gasteiger partial charge < -0.3 is 14.0 Å². The van der Waals surface area contributed by atoms with Crippen LogP contribution >= 0.6 is 0 Å². The number of carbonyl (C=O) groups is 2. The lowest BCUT2D eigenvalue weighted by atomic mass is 10.0. The maximum Gasteiger partial charge on any atom is 0.259 e. The standard InChI is InChI=1S/C32H26F2N8O3/c1-19-25(17-45-39-19)32(44)40-12-9-24(10-13-40)41-18-36-30(20-2-4-22(33)5-3-20)31(41)26-6-7-29-37-23(16-42(29)38-26)15-27(43)21-8-11-35-28(34)14-21/h2-8,11,14,16-18,24H,9-10,12-13,15H2,1H3. The first-order valence-corrected chi connectivity index (χ1v) is 14.4. The van der Waals surface area contributed by atoms with E-state index < -0.39 is 5.95 Å². The molecule has 1 fully saturated rings. The largest absolute Gasteiger partial charge is 0.364 e. The summed E-state index contributed by atoms with van der Waals surface area (Å²) in [6, 6.07) is 12.3. The number of aromatic nitrogens is 7. The molecule has 1 saturated heterocycles. The summed E-state index contributed by atoms with van der Waals surface area (Å²) in [6.07, 6.45) is 7.38. The van der Waals surface area contributed by atoms with Gasteiger partial charge in [-0.15, -0.1) is 0 Å². The Bertz CT molecular complexity index is 2040. The molecular formula is C32H26F2N8O3. The summed E-state index contributed by atoms with van der Waals surface area (Å²) in [7, 11) is 0. The maximum atomic E-state index is 13.8. The zero-order valence-electron chi connectivity index (χ0n) is 24.1. The number of nitrogens with zero attached hydrogens (tertiary/aromatic N) is 8. The van der Waals surface area contributed by atoms with Crippen LogP contribution in [-0.2, 0) is 6.42 Å². The lowest BCUT2D eigenvalue weighted by molar-refractivity contribution is 0.0693. The van der Waals surface area contributed by atoms with Gasteiger partial charge in [0.05, 0.1) is 41.7 Å². The van der Waals surface area contributed by atoms with Crippen molar-refractivity contribution in [3.05, 3.63) is 108 Å². The molecule has 11 nitrogen and oxygen atoms in total. The number of rotatable bonds is 7. The molecule has 1 amide bonds. The molecule has 0 bridgehead atoms. The lowest BCUT2D eigenvalue weighted by Gasteiger charge is -2.33. The number of aryl methyl sites for hydroxylation is 1. The van der Waals surface area contributed by atoms with Crippen LogP contribution in [0.15, 0.2) is 78.0 Å². The molecule has 0 aliphatic carbocycles. The van der Waals surface area contributed by atoms with Gasteiger partial charge in [0, 0.05) is 42.5 Å². The zero-order chi connectivity index (χ0) is 31.1. The van der Waals surface area contributed by atoms with Crippen LogP contribution in [0.1, 0.15) is 51.0 Å². The van der Waals surface area contributed by atoms with Crippen molar-refractivity contribution in [2.45, 2.75) is 32.2 Å². The number of ketones is 1. The highest BCUT2D eigenvalue weighted by atomic mass is 19.1. The fourth-order valence-corrected chi connectivity index (χ4v) is 5.71. The Balaban J connectivity index is 1.20. The number of benzene rings is 1. The van der Waals surface area contributed by atoms with Gasteiger partial charge in [-0.2, -0.15) is 9.49 Å². The van der Waals surface area contributed by atoms with Crippen LogP contribution < -0.4 is 0 Å². The maximum absolute atomic E-state index is 13.8. The first kappa shape index (κ1) is 28.2. The second-order valence-corrected chi connectivity index (χ2v) is 10.9. The predicted octanol–water partition coefficient (Wildman–Crippen LogP) is 5.13. The van der Waals surface area contributed by atoms with Crippen molar-refractivity contribution >= 4 is 17.3 Å². The van der Waals surface area contributed by atoms with Crippen molar-refractivity contribution in [2.75, 3.05) is 13.1 Å². The second kappa shape index (κ2) is 11.5. The number of fused-ring (bicyclic) bond motifs is 1. The number of hydrogen-bond acceptors (Lipinski definition) is 8. The molecule has 0 saturated carbocycles. The van der Waals surface area contributed by atoms with Gasteiger partial charge in [0.15, 0.2) is 11.4 Å². The molecule has 1 aliphatic rings. The van der Waals surface area contributed by atoms with Gasteiger partial charge in [-0.25, -0.2) is 23.9 Å². The Labute approximate surface area is 255 Å². The number of carbonyl (C=O) groups excluding carboxylic acids is 2. The number of piperidine rings is 1. The van der Waals surface area contributed by atoms with E-state index in [4.69, 9.17) is 14.6 Å². The van der Waals surface area contributed by atoms with E-state index in [0.29, 0.717) is 59.9 Å². The van der Waals surface area contributed by atoms with E-state index >= 15 is 0 Å². The Morgan fingerprint density at radius 3 is 2.56 bits per heavy atom. The van der Waals surface area contributed by atoms with Crippen LogP contribution in [0, 0.1) is 18.7 Å². The molecule has 0 unspecified atom stereocenters. The summed E-state index contributed by atoms with van der Waals surface area (Å²) in [4.78, 5) is 40.4. The monoisotopic (exact) mass is 608 g/mol. The number of likely N-dealkylation sites (tertiary alicyclic amines) is 1. The molecule has 1 aromatic carbocycles. The molecule has 0 spiro atoms. The van der Waals surface area contributed by atoms with E-state index in [9.17, 15) is 18.4 Å². The molecular weight excluding hydrogens is 582 g/mol. The number of Topliss-reactive ketones (excluding diaryl/α,β-unsaturated/α-hetero) is 1. The summed E-state index contributed by atoms with van der Waals surface area (Å²) >= 11 is 0. The zero-order valence-corrected chi connectivity index (χ0v) is 24.1. The number of hydrogen-bond donors (Lipinski definition) is 0. The Hall–Kier alpha value is -5.59. The third-order valence-electron chi connectivity index (χ3n) is 8.04. The molecule has 6 heterocycles. The van der Waals surface area contributed by atoms with Crippen LogP contribution in [0.5, 0.6) is 0 Å². The molecule has 45 heavy (non-hydrogen) atoms. The van der Waals surface area contributed by atoms with E-state index in [1.165, 1.54) is 30.7 Å². The third kappa shape index (κ3) is 5.48. The third-order valence-corrected chi connectivity index (χ3v) is 8.04. The lowest BCUT2D eigenvalue weighted by Crippen LogP contribution is -2.39. The van der Waals surface area contributed by atoms with Crippen LogP contribution in [0.3, 0.4) is 0 Å². The van der Waals surface area contributed by atoms with Crippen LogP contribution in [0.25, 0.3) is 28.3 Å². The summed E-state index contributed by atoms with van der Waals surface area (Å²) in [6.45, 7) is 2.81. The molecule has 5 aromatic heterocycles. The number of amides is 1. The van der Waals surface area contributed by atoms with E-state index in [1.807, 2.05) is 6.07 Å². The number of pyridine rings is 1. The van der Waals surface area contributed by atoms with Gasteiger partial charge >= 0.3 is 0 Å². The highest BCUT2D eigenvalue weighted by Gasteiger charge is 2.29. The van der Waals surface area contributed by atoms with Gasteiger partial charge in [0.2, 0.25) is 5.95 Å². The van der Waals surface area contributed by atoms with Crippen molar-refractivity contribution in [1.29, 1.82) is 0 Å². The van der Waals surface area contributed by atoms with Crippen molar-refractivity contribution in [2.24, 2.45) is 0 Å². The van der Waals surface area contributed by atoms with Gasteiger partial charge in [-0.1, -0.05) is 5.16 Å². The highest BCUT2D eigenvalue weighted by molar-refractivity contribution is 5.97. The minimum atomic E-state index is -0.724. The summed E-state index contributed by atoms with van der Waals surface area (Å²) in [5.74, 6) is -1.48. The normalized spacial score (nSPS) is 13.9. The van der Waals surface area contributed by atoms with Crippen LogP contribution in [0.2, 0.25) is 0 Å². The van der Waals surface area contributed by atoms with Gasteiger partial charge in [0.1, 0.15) is 23.3 Å². The van der Waals surface area contributed by atoms with E-state index in [1.54, 1.807) is 47.1 Å². The van der Waals surface area contributed by atoms with Crippen LogP contribution in [0.4, 0.5) is 8.78 Å². The van der Waals surface area contributed by atoms with Crippen molar-refractivity contribution < 1.29 is 22.9 Å². The minimum Gasteiger partial charge on any atom is -0.364 e. The first-order valence-electron chi connectivity index (χ1n) is 14.4. The topological polar surface area (TPSA) is 124 Å². The average molecular weight is 609 g/mol. The SMILES string of the molecule is Cc1nocc1C(=O)N1CCC(n2cnc(-c3ccc(F)cc3)c2-c2ccc3nc(CC(=O)c4ccnc(F)c4)cn3n2)CC1. The van der Waals surface area contributed by atoms with Crippen molar-refractivity contribution in [3.63, 3.8) is 0 Å². The molecule has 13 heteroatoms. The fourth-order valence-electron chi connectivity index (χ4n) is 5.71. The van der Waals surface area contributed by atoms with E-state index in [0.717, 1.165) is 17.3 Å². The predicted molar refractivity (Wildman–Crippen MR) is 157 cm³/mol. The van der Waals surface area contributed by atoms with Gasteiger partial charge in [-0.05, 0) is 62.2 Å². The number of halogens is 2. The van der Waals surface area contributed by atoms with E-state index in [2.05, 4.69) is 19.7 Å². The molecule has 0 radical (unpaired) electrons. The molecule has 226 valence electrons. The Kier molecular flexibility index (Phi) is 7.20. The average Bonchev–Trinajstić information content (AvgIpc) is 3.79. The van der Waals surface area contributed by atoms with Gasteiger partial charge in [-0.3, -0.25) is 9.59 Å². The number of imidazole rings is 2. The van der Waals surface area contributed by atoms with Gasteiger partial charge in [0.25, 0.3) is 5.91 Å². The van der Waals surface area contributed by atoms with E-state index in [-0.39, 0.29) is 35.5 Å². The van der Waals surface area contributed by atoms with Crippen molar-refractivity contribution in [1.82, 2.24) is 39.2 Å². The molecule has 7 rings (SSSR count). The molecule has 1 aliphatic heterocycles. The van der Waals surface area contributed by atoms with Crippen molar-refractivity contribution in [3.8, 4) is 22.6 Å². The second-order valence-electron chi connectivity index (χ2n) is 10.9. The first-order chi connectivity index (χ1) is 21.8. The molecule has 6 aromatic rings. The Morgan fingerprint density at radius 1 is 1.02 bits per heavy atom. The van der Waals surface area contributed by atoms with Crippen LogP contribution in [-0.4, -0.2) is 64.0 Å². The summed E-state index contributed by atoms with van der Waals surface area (Å²) in [5.41, 5.74) is 4.95. The summed E-state index contributed by atoms with van der Waals surface area (Å²) < 4.78 is 36.0. The highest BCUT2D eigenvalue weighted by Crippen LogP contribution is 2.35. The fraction of sp³-hybridized carbons (Fsp3) is 0.219. The quantitative estimate of drug-likeness (QED) is 0.180. The minimum absolute atomic E-state index is 0.0172.